The number of pyridine rings is 2. The molecule has 1 aliphatic carbocycles. The number of aromatic nitrogens is 4. The number of hydrogen-bond acceptors (Lipinski definition) is 6. The molecule has 1 aliphatic rings. The Labute approximate surface area is 233 Å². The van der Waals surface area contributed by atoms with Gasteiger partial charge in [0.2, 0.25) is 0 Å². The summed E-state index contributed by atoms with van der Waals surface area (Å²) < 4.78 is 37.0. The number of rotatable bonds is 5. The third kappa shape index (κ3) is 4.94. The first kappa shape index (κ1) is 26.3. The fourth-order valence-corrected chi connectivity index (χ4v) is 4.87. The monoisotopic (exact) mass is 556 g/mol. The zero-order valence-corrected chi connectivity index (χ0v) is 22.5. The van der Waals surface area contributed by atoms with E-state index in [4.69, 9.17) is 15.5 Å². The molecule has 6 rings (SSSR count). The van der Waals surface area contributed by atoms with E-state index in [1.165, 1.54) is 12.4 Å². The van der Waals surface area contributed by atoms with Crippen molar-refractivity contribution >= 4 is 39.8 Å². The quantitative estimate of drug-likeness (QED) is 0.264. The summed E-state index contributed by atoms with van der Waals surface area (Å²) in [6, 6.07) is 10.5. The molecule has 3 heterocycles. The van der Waals surface area contributed by atoms with Gasteiger partial charge in [-0.15, -0.1) is 0 Å². The second-order valence-electron chi connectivity index (χ2n) is 11.0. The van der Waals surface area contributed by atoms with Gasteiger partial charge in [-0.25, -0.2) is 23.5 Å². The Morgan fingerprint density at radius 1 is 0.976 bits per heavy atom. The molecule has 5 aromatic rings. The predicted molar refractivity (Wildman–Crippen MR) is 150 cm³/mol. The Balaban J connectivity index is 1.56. The lowest BCUT2D eigenvalue weighted by molar-refractivity contribution is 0.0635. The molecule has 3 N–H and O–H groups in total. The minimum Gasteiger partial charge on any atom is -0.444 e. The number of benzene rings is 2. The second-order valence-corrected chi connectivity index (χ2v) is 11.0. The van der Waals surface area contributed by atoms with Gasteiger partial charge < -0.3 is 10.5 Å². The number of nitrogens with one attached hydrogen (secondary N) is 1. The molecule has 0 spiro atoms. The number of carbonyl (C=O) groups is 2. The summed E-state index contributed by atoms with van der Waals surface area (Å²) in [6.07, 6.45) is 4.00. The number of nitrogens with two attached hydrogens (primary N) is 1. The molecule has 0 aliphatic heterocycles. The number of nitrogens with zero attached hydrogens (tertiary/aromatic N) is 4. The molecule has 0 saturated heterocycles. The smallest absolute Gasteiger partial charge is 0.413 e. The third-order valence-corrected chi connectivity index (χ3v) is 6.73. The summed E-state index contributed by atoms with van der Waals surface area (Å²) in [5, 5.41) is 2.62. The largest absolute Gasteiger partial charge is 0.444 e. The lowest BCUT2D eigenvalue weighted by atomic mass is 10.0. The third-order valence-electron chi connectivity index (χ3n) is 6.73. The summed E-state index contributed by atoms with van der Waals surface area (Å²) in [5.41, 5.74) is 7.57. The van der Waals surface area contributed by atoms with Crippen LogP contribution in [0.1, 0.15) is 55.7 Å². The summed E-state index contributed by atoms with van der Waals surface area (Å²) in [4.78, 5) is 38.1. The minimum atomic E-state index is -0.694. The molecule has 9 nitrogen and oxygen atoms in total. The lowest BCUT2D eigenvalue weighted by Gasteiger charge is -2.19. The van der Waals surface area contributed by atoms with Gasteiger partial charge in [0, 0.05) is 18.3 Å². The maximum atomic E-state index is 15.2. The molecular weight excluding hydrogens is 530 g/mol. The number of fused-ring (bicyclic) bond motifs is 2. The maximum Gasteiger partial charge on any atom is 0.413 e. The Hall–Kier alpha value is -4.93. The van der Waals surface area contributed by atoms with E-state index >= 15 is 4.39 Å². The van der Waals surface area contributed by atoms with Crippen LogP contribution in [0, 0.1) is 11.6 Å². The SMILES string of the molecule is CC(C)(C)OC(=O)Nc1cc(-c2cc(C(N)=O)c3nc(C4CC4)n(-c4ccnc5c(F)ccc(F)c45)c3c2)ccn1. The second kappa shape index (κ2) is 9.61. The highest BCUT2D eigenvalue weighted by Crippen LogP contribution is 2.44. The van der Waals surface area contributed by atoms with Crippen LogP contribution < -0.4 is 11.1 Å². The molecule has 2 amide bonds. The average molecular weight is 557 g/mol. The highest BCUT2D eigenvalue weighted by molar-refractivity contribution is 6.07. The van der Waals surface area contributed by atoms with Gasteiger partial charge in [0.25, 0.3) is 5.91 Å². The van der Waals surface area contributed by atoms with Crippen molar-refractivity contribution in [2.45, 2.75) is 45.1 Å². The van der Waals surface area contributed by atoms with E-state index < -0.39 is 29.2 Å². The van der Waals surface area contributed by atoms with E-state index in [0.29, 0.717) is 33.7 Å². The van der Waals surface area contributed by atoms with Crippen LogP contribution in [0.5, 0.6) is 0 Å². The van der Waals surface area contributed by atoms with E-state index in [1.807, 2.05) is 0 Å². The van der Waals surface area contributed by atoms with Crippen LogP contribution >= 0.6 is 0 Å². The van der Waals surface area contributed by atoms with Crippen molar-refractivity contribution in [1.82, 2.24) is 19.5 Å². The number of hydrogen-bond donors (Lipinski definition) is 2. The van der Waals surface area contributed by atoms with Crippen LogP contribution in [-0.4, -0.2) is 37.1 Å². The Bertz CT molecular complexity index is 1870. The van der Waals surface area contributed by atoms with Crippen LogP contribution in [0.3, 0.4) is 0 Å². The van der Waals surface area contributed by atoms with Gasteiger partial charge in [0.15, 0.2) is 0 Å². The molecule has 1 saturated carbocycles. The minimum absolute atomic E-state index is 0.00693. The molecule has 11 heteroatoms. The molecule has 3 aromatic heterocycles. The van der Waals surface area contributed by atoms with Crippen molar-refractivity contribution < 1.29 is 23.1 Å². The molecule has 2 aromatic carbocycles. The fourth-order valence-electron chi connectivity index (χ4n) is 4.87. The first-order chi connectivity index (χ1) is 19.5. The summed E-state index contributed by atoms with van der Waals surface area (Å²) in [5.74, 6) is -1.04. The van der Waals surface area contributed by atoms with Gasteiger partial charge >= 0.3 is 6.09 Å². The fraction of sp³-hybridized carbons (Fsp3) is 0.233. The van der Waals surface area contributed by atoms with E-state index in [-0.39, 0.29) is 28.2 Å². The molecule has 1 fully saturated rings. The first-order valence-corrected chi connectivity index (χ1v) is 13.1. The lowest BCUT2D eigenvalue weighted by Crippen LogP contribution is -2.27. The van der Waals surface area contributed by atoms with Crippen LogP contribution in [0.4, 0.5) is 19.4 Å². The van der Waals surface area contributed by atoms with Gasteiger partial charge in [0.1, 0.15) is 39.9 Å². The van der Waals surface area contributed by atoms with Gasteiger partial charge in [-0.1, -0.05) is 0 Å². The Kier molecular flexibility index (Phi) is 6.17. The number of primary amides is 1. The van der Waals surface area contributed by atoms with Gasteiger partial charge in [0.05, 0.1) is 22.2 Å². The molecular formula is C30H26F2N6O3. The topological polar surface area (TPSA) is 125 Å². The highest BCUT2D eigenvalue weighted by atomic mass is 19.1. The number of halogens is 2. The molecule has 208 valence electrons. The van der Waals surface area contributed by atoms with Gasteiger partial charge in [-0.3, -0.25) is 19.7 Å². The number of amides is 2. The predicted octanol–water partition coefficient (Wildman–Crippen LogP) is 6.24. The number of anilines is 1. The van der Waals surface area contributed by atoms with Crippen molar-refractivity contribution in [2.24, 2.45) is 5.73 Å². The van der Waals surface area contributed by atoms with Gasteiger partial charge in [-0.2, -0.15) is 0 Å². The van der Waals surface area contributed by atoms with Crippen LogP contribution in [0.15, 0.2) is 54.9 Å². The van der Waals surface area contributed by atoms with Crippen LogP contribution in [-0.2, 0) is 4.74 Å². The average Bonchev–Trinajstić information content (AvgIpc) is 3.69. The molecule has 0 atom stereocenters. The highest BCUT2D eigenvalue weighted by Gasteiger charge is 2.32. The Morgan fingerprint density at radius 3 is 2.41 bits per heavy atom. The summed E-state index contributed by atoms with van der Waals surface area (Å²) in [6.45, 7) is 5.26. The normalized spacial score (nSPS) is 13.5. The summed E-state index contributed by atoms with van der Waals surface area (Å²) >= 11 is 0. The zero-order chi connectivity index (χ0) is 29.1. The van der Waals surface area contributed by atoms with Crippen molar-refractivity contribution in [3.63, 3.8) is 0 Å². The molecule has 0 radical (unpaired) electrons. The van der Waals surface area contributed by atoms with Crippen LogP contribution in [0.25, 0.3) is 38.8 Å². The summed E-state index contributed by atoms with van der Waals surface area (Å²) in [7, 11) is 0. The van der Waals surface area contributed by atoms with Crippen molar-refractivity contribution in [3.8, 4) is 16.8 Å². The van der Waals surface area contributed by atoms with Gasteiger partial charge in [-0.05, 0) is 87.2 Å². The Morgan fingerprint density at radius 2 is 1.71 bits per heavy atom. The number of carbonyl (C=O) groups excluding carboxylic acids is 2. The molecule has 0 unspecified atom stereocenters. The van der Waals surface area contributed by atoms with Crippen molar-refractivity contribution in [3.05, 3.63) is 77.9 Å². The zero-order valence-electron chi connectivity index (χ0n) is 22.5. The van der Waals surface area contributed by atoms with E-state index in [0.717, 1.165) is 25.0 Å². The molecule has 41 heavy (non-hydrogen) atoms. The van der Waals surface area contributed by atoms with Crippen molar-refractivity contribution in [2.75, 3.05) is 5.32 Å². The van der Waals surface area contributed by atoms with Crippen molar-refractivity contribution in [1.29, 1.82) is 0 Å². The van der Waals surface area contributed by atoms with Crippen LogP contribution in [0.2, 0.25) is 0 Å². The van der Waals surface area contributed by atoms with E-state index in [1.54, 1.807) is 55.7 Å². The first-order valence-electron chi connectivity index (χ1n) is 13.1. The maximum absolute atomic E-state index is 15.2. The van der Waals surface area contributed by atoms with E-state index in [2.05, 4.69) is 15.3 Å². The molecule has 0 bridgehead atoms. The standard InChI is InChI=1S/C30H26F2N6O3/c1-30(2,3)41-29(40)36-23-14-16(8-10-34-23)17-12-18(27(33)39)25-22(13-17)38(28(37-25)15-4-5-15)21-9-11-35-26-20(32)7-6-19(31)24(21)26/h6-15H,4-5H2,1-3H3,(H2,33,39)(H,34,36,40). The van der Waals surface area contributed by atoms with E-state index in [9.17, 15) is 14.0 Å². The number of ether oxygens (including phenoxy) is 1. The number of imidazole rings is 1.